The normalized spacial score (nSPS) is 12.8. The molecule has 0 aromatic rings. The van der Waals surface area contributed by atoms with E-state index >= 15 is 0 Å². The minimum Gasteiger partial charge on any atom is -0.380 e. The van der Waals surface area contributed by atoms with Gasteiger partial charge in [0.05, 0.1) is 12.6 Å². The molecule has 1 amide bonds. The highest BCUT2D eigenvalue weighted by atomic mass is 16.5. The molecule has 4 heteroatoms. The summed E-state index contributed by atoms with van der Waals surface area (Å²) in [5, 5.41) is 2.79. The lowest BCUT2D eigenvalue weighted by atomic mass is 10.1. The maximum absolute atomic E-state index is 11.5. The summed E-state index contributed by atoms with van der Waals surface area (Å²) >= 11 is 0. The lowest BCUT2D eigenvalue weighted by molar-refractivity contribution is -0.122. The quantitative estimate of drug-likeness (QED) is 0.575. The molecule has 0 bridgehead atoms. The Morgan fingerprint density at radius 1 is 1.29 bits per heavy atom. The van der Waals surface area contributed by atoms with Crippen LogP contribution >= 0.6 is 0 Å². The molecule has 17 heavy (non-hydrogen) atoms. The largest absolute Gasteiger partial charge is 0.380 e. The van der Waals surface area contributed by atoms with Crippen molar-refractivity contribution in [1.82, 2.24) is 5.32 Å². The summed E-state index contributed by atoms with van der Waals surface area (Å²) in [5.41, 5.74) is 5.73. The van der Waals surface area contributed by atoms with Gasteiger partial charge < -0.3 is 15.8 Å². The number of rotatable bonds is 10. The van der Waals surface area contributed by atoms with Crippen molar-refractivity contribution < 1.29 is 9.53 Å². The molecule has 0 aromatic heterocycles. The highest BCUT2D eigenvalue weighted by Crippen LogP contribution is 1.99. The number of ether oxygens (including phenoxy) is 1. The van der Waals surface area contributed by atoms with Crippen LogP contribution in [0, 0.1) is 5.92 Å². The Bertz CT molecular complexity index is 196. The molecule has 0 radical (unpaired) electrons. The molecule has 4 nitrogen and oxygen atoms in total. The summed E-state index contributed by atoms with van der Waals surface area (Å²) in [5.74, 6) is 0.595. The Labute approximate surface area is 105 Å². The topological polar surface area (TPSA) is 64.4 Å². The first-order valence-electron chi connectivity index (χ1n) is 6.69. The molecule has 0 aromatic carbocycles. The van der Waals surface area contributed by atoms with Crippen molar-refractivity contribution in [3.05, 3.63) is 0 Å². The Kier molecular flexibility index (Phi) is 10.2. The van der Waals surface area contributed by atoms with Crippen LogP contribution in [0.5, 0.6) is 0 Å². The number of amides is 1. The van der Waals surface area contributed by atoms with Gasteiger partial charge in [0.15, 0.2) is 0 Å². The Hall–Kier alpha value is -0.610. The van der Waals surface area contributed by atoms with Gasteiger partial charge in [-0.1, -0.05) is 33.6 Å². The fourth-order valence-electron chi connectivity index (χ4n) is 1.35. The molecule has 0 saturated carbocycles. The second kappa shape index (κ2) is 10.5. The van der Waals surface area contributed by atoms with Gasteiger partial charge in [-0.15, -0.1) is 0 Å². The lowest BCUT2D eigenvalue weighted by Gasteiger charge is -2.12. The molecular weight excluding hydrogens is 216 g/mol. The molecule has 0 heterocycles. The molecule has 0 aliphatic carbocycles. The first kappa shape index (κ1) is 16.4. The number of unbranched alkanes of at least 4 members (excludes halogenated alkanes) is 1. The van der Waals surface area contributed by atoms with Crippen LogP contribution in [0.25, 0.3) is 0 Å². The molecular formula is C13H28N2O2. The molecule has 0 rings (SSSR count). The van der Waals surface area contributed by atoms with Crippen molar-refractivity contribution in [3.63, 3.8) is 0 Å². The van der Waals surface area contributed by atoms with Crippen molar-refractivity contribution in [2.45, 2.75) is 52.5 Å². The fourth-order valence-corrected chi connectivity index (χ4v) is 1.35. The molecule has 1 atom stereocenters. The predicted octanol–water partition coefficient (Wildman–Crippen LogP) is 1.68. The van der Waals surface area contributed by atoms with Gasteiger partial charge in [-0.3, -0.25) is 4.79 Å². The van der Waals surface area contributed by atoms with Crippen LogP contribution < -0.4 is 11.1 Å². The standard InChI is InChI=1S/C13H28N2O2/c1-4-5-6-12(14)13(16)15-8-10-17-9-7-11(2)3/h11-12H,4-10,14H2,1-3H3,(H,15,16). The van der Waals surface area contributed by atoms with Crippen molar-refractivity contribution >= 4 is 5.91 Å². The summed E-state index contributed by atoms with van der Waals surface area (Å²) < 4.78 is 5.40. The second-order valence-electron chi connectivity index (χ2n) is 4.83. The van der Waals surface area contributed by atoms with Crippen LogP contribution in [-0.2, 0) is 9.53 Å². The van der Waals surface area contributed by atoms with E-state index < -0.39 is 0 Å². The highest BCUT2D eigenvalue weighted by molar-refractivity contribution is 5.81. The van der Waals surface area contributed by atoms with E-state index in [4.69, 9.17) is 10.5 Å². The molecule has 3 N–H and O–H groups in total. The lowest BCUT2D eigenvalue weighted by Crippen LogP contribution is -2.41. The van der Waals surface area contributed by atoms with Gasteiger partial charge in [-0.05, 0) is 18.8 Å². The van der Waals surface area contributed by atoms with E-state index in [1.165, 1.54) is 0 Å². The van der Waals surface area contributed by atoms with Crippen molar-refractivity contribution in [2.75, 3.05) is 19.8 Å². The third kappa shape index (κ3) is 10.3. The average Bonchev–Trinajstić information content (AvgIpc) is 2.29. The van der Waals surface area contributed by atoms with Crippen molar-refractivity contribution in [3.8, 4) is 0 Å². The van der Waals surface area contributed by atoms with Gasteiger partial charge in [0.1, 0.15) is 0 Å². The molecule has 0 aliphatic heterocycles. The molecule has 0 spiro atoms. The Balaban J connectivity index is 3.38. The Morgan fingerprint density at radius 3 is 2.59 bits per heavy atom. The zero-order valence-corrected chi connectivity index (χ0v) is 11.5. The van der Waals surface area contributed by atoms with Crippen LogP contribution in [-0.4, -0.2) is 31.7 Å². The van der Waals surface area contributed by atoms with E-state index in [9.17, 15) is 4.79 Å². The first-order chi connectivity index (χ1) is 8.07. The second-order valence-corrected chi connectivity index (χ2v) is 4.83. The SMILES string of the molecule is CCCCC(N)C(=O)NCCOCCC(C)C. The Morgan fingerprint density at radius 2 is 2.00 bits per heavy atom. The first-order valence-corrected chi connectivity index (χ1v) is 6.69. The summed E-state index contributed by atoms with van der Waals surface area (Å²) in [6.45, 7) is 8.30. The maximum atomic E-state index is 11.5. The van der Waals surface area contributed by atoms with E-state index in [-0.39, 0.29) is 11.9 Å². The number of hydrogen-bond donors (Lipinski definition) is 2. The zero-order valence-electron chi connectivity index (χ0n) is 11.5. The van der Waals surface area contributed by atoms with Crippen LogP contribution in [0.2, 0.25) is 0 Å². The van der Waals surface area contributed by atoms with Gasteiger partial charge in [-0.2, -0.15) is 0 Å². The van der Waals surface area contributed by atoms with Crippen molar-refractivity contribution in [2.24, 2.45) is 11.7 Å². The van der Waals surface area contributed by atoms with E-state index in [0.717, 1.165) is 32.3 Å². The minimum atomic E-state index is -0.370. The molecule has 0 aliphatic rings. The summed E-state index contributed by atoms with van der Waals surface area (Å²) in [6, 6.07) is -0.370. The monoisotopic (exact) mass is 244 g/mol. The maximum Gasteiger partial charge on any atom is 0.236 e. The average molecular weight is 244 g/mol. The van der Waals surface area contributed by atoms with Gasteiger partial charge in [-0.25, -0.2) is 0 Å². The minimum absolute atomic E-state index is 0.0640. The van der Waals surface area contributed by atoms with Gasteiger partial charge >= 0.3 is 0 Å². The summed E-state index contributed by atoms with van der Waals surface area (Å²) in [4.78, 5) is 11.5. The van der Waals surface area contributed by atoms with E-state index in [0.29, 0.717) is 19.1 Å². The third-order valence-electron chi connectivity index (χ3n) is 2.59. The van der Waals surface area contributed by atoms with Gasteiger partial charge in [0, 0.05) is 13.2 Å². The summed E-state index contributed by atoms with van der Waals surface area (Å²) in [7, 11) is 0. The third-order valence-corrected chi connectivity index (χ3v) is 2.59. The number of nitrogens with one attached hydrogen (secondary N) is 1. The number of carbonyl (C=O) groups is 1. The number of hydrogen-bond acceptors (Lipinski definition) is 3. The van der Waals surface area contributed by atoms with Gasteiger partial charge in [0.2, 0.25) is 5.91 Å². The van der Waals surface area contributed by atoms with Crippen LogP contribution in [0.4, 0.5) is 0 Å². The fraction of sp³-hybridized carbons (Fsp3) is 0.923. The van der Waals surface area contributed by atoms with E-state index in [1.54, 1.807) is 0 Å². The molecule has 0 fully saturated rings. The number of nitrogens with two attached hydrogens (primary N) is 1. The number of carbonyl (C=O) groups excluding carboxylic acids is 1. The molecule has 0 saturated heterocycles. The highest BCUT2D eigenvalue weighted by Gasteiger charge is 2.11. The molecule has 1 unspecified atom stereocenters. The zero-order chi connectivity index (χ0) is 13.1. The molecule has 102 valence electrons. The van der Waals surface area contributed by atoms with Crippen molar-refractivity contribution in [1.29, 1.82) is 0 Å². The van der Waals surface area contributed by atoms with Crippen LogP contribution in [0.3, 0.4) is 0 Å². The predicted molar refractivity (Wildman–Crippen MR) is 70.8 cm³/mol. The van der Waals surface area contributed by atoms with Gasteiger partial charge in [0.25, 0.3) is 0 Å². The van der Waals surface area contributed by atoms with Crippen LogP contribution in [0.15, 0.2) is 0 Å². The van der Waals surface area contributed by atoms with E-state index in [2.05, 4.69) is 26.1 Å². The van der Waals surface area contributed by atoms with E-state index in [1.807, 2.05) is 0 Å². The van der Waals surface area contributed by atoms with Crippen LogP contribution in [0.1, 0.15) is 46.5 Å². The summed E-state index contributed by atoms with van der Waals surface area (Å²) in [6.07, 6.45) is 3.89. The smallest absolute Gasteiger partial charge is 0.236 e.